The number of carbonyl (C=O) groups excluding carboxylic acids is 1. The summed E-state index contributed by atoms with van der Waals surface area (Å²) in [5.74, 6) is -0.526. The predicted molar refractivity (Wildman–Crippen MR) is 77.5 cm³/mol. The Morgan fingerprint density at radius 2 is 2.11 bits per heavy atom. The van der Waals surface area contributed by atoms with Crippen LogP contribution in [0.25, 0.3) is 0 Å². The monoisotopic (exact) mass is 349 g/mol. The van der Waals surface area contributed by atoms with Crippen LogP contribution < -0.4 is 4.72 Å². The molecule has 1 rings (SSSR count). The highest BCUT2D eigenvalue weighted by molar-refractivity contribution is 9.10. The molecule has 1 N–H and O–H groups in total. The fraction of sp³-hybridized carbons (Fsp3) is 0.417. The van der Waals surface area contributed by atoms with Gasteiger partial charge in [0.15, 0.2) is 0 Å². The normalized spacial score (nSPS) is 11.1. The van der Waals surface area contributed by atoms with Gasteiger partial charge in [-0.25, -0.2) is 8.42 Å². The highest BCUT2D eigenvalue weighted by atomic mass is 79.9. The molecule has 0 aliphatic heterocycles. The highest BCUT2D eigenvalue weighted by Crippen LogP contribution is 2.21. The molecule has 0 atom stereocenters. The lowest BCUT2D eigenvalue weighted by molar-refractivity contribution is -0.140. The quantitative estimate of drug-likeness (QED) is 0.800. The summed E-state index contributed by atoms with van der Waals surface area (Å²) < 4.78 is 31.3. The molecule has 1 aromatic carbocycles. The summed E-state index contributed by atoms with van der Waals surface area (Å²) in [6, 6.07) is 5.21. The summed E-state index contributed by atoms with van der Waals surface area (Å²) in [6.45, 7) is 1.92. The molecule has 0 amide bonds. The molecule has 106 valence electrons. The Kier molecular flexibility index (Phi) is 5.81. The van der Waals surface area contributed by atoms with Gasteiger partial charge >= 0.3 is 5.97 Å². The molecule has 0 fully saturated rings. The smallest absolute Gasteiger partial charge is 0.305 e. The minimum atomic E-state index is -3.45. The number of esters is 1. The van der Waals surface area contributed by atoms with Gasteiger partial charge in [-0.2, -0.15) is 0 Å². The van der Waals surface area contributed by atoms with Crippen molar-refractivity contribution in [3.05, 3.63) is 28.2 Å². The Morgan fingerprint density at radius 1 is 1.42 bits per heavy atom. The van der Waals surface area contributed by atoms with Gasteiger partial charge in [-0.15, -0.1) is 0 Å². The zero-order chi connectivity index (χ0) is 14.5. The summed E-state index contributed by atoms with van der Waals surface area (Å²) in [5, 5.41) is 0. The molecule has 7 heteroatoms. The average Bonchev–Trinajstić information content (AvgIpc) is 2.33. The zero-order valence-corrected chi connectivity index (χ0v) is 13.2. The van der Waals surface area contributed by atoms with E-state index in [0.29, 0.717) is 5.69 Å². The molecular formula is C12H16BrNO4S. The largest absolute Gasteiger partial charge is 0.469 e. The molecule has 5 nitrogen and oxygen atoms in total. The van der Waals surface area contributed by atoms with Crippen LogP contribution in [0.3, 0.4) is 0 Å². The van der Waals surface area contributed by atoms with Gasteiger partial charge in [0.2, 0.25) is 10.0 Å². The first-order chi connectivity index (χ1) is 8.84. The molecule has 0 spiro atoms. The Hall–Kier alpha value is -1.08. The number of aryl methyl sites for hydroxylation is 1. The SMILES string of the molecule is COC(=O)CCCS(=O)(=O)Nc1ccc(C)c(Br)c1. The highest BCUT2D eigenvalue weighted by Gasteiger charge is 2.12. The number of rotatable bonds is 6. The van der Waals surface area contributed by atoms with E-state index in [4.69, 9.17) is 0 Å². The zero-order valence-electron chi connectivity index (χ0n) is 10.8. The second-order valence-corrected chi connectivity index (χ2v) is 6.76. The number of hydrogen-bond donors (Lipinski definition) is 1. The topological polar surface area (TPSA) is 72.5 Å². The van der Waals surface area contributed by atoms with Crippen LogP contribution in [-0.4, -0.2) is 27.2 Å². The van der Waals surface area contributed by atoms with Crippen LogP contribution >= 0.6 is 15.9 Å². The van der Waals surface area contributed by atoms with E-state index in [0.717, 1.165) is 10.0 Å². The van der Waals surface area contributed by atoms with Gasteiger partial charge < -0.3 is 4.74 Å². The van der Waals surface area contributed by atoms with Crippen molar-refractivity contribution < 1.29 is 17.9 Å². The van der Waals surface area contributed by atoms with E-state index < -0.39 is 16.0 Å². The number of carbonyl (C=O) groups is 1. The molecule has 0 saturated carbocycles. The minimum absolute atomic E-state index is 0.0923. The van der Waals surface area contributed by atoms with E-state index >= 15 is 0 Å². The van der Waals surface area contributed by atoms with Gasteiger partial charge in [0, 0.05) is 16.6 Å². The van der Waals surface area contributed by atoms with E-state index in [1.54, 1.807) is 12.1 Å². The minimum Gasteiger partial charge on any atom is -0.469 e. The standard InChI is InChI=1S/C12H16BrNO4S/c1-9-5-6-10(8-11(9)13)14-19(16,17)7-3-4-12(15)18-2/h5-6,8,14H,3-4,7H2,1-2H3. The molecule has 0 aliphatic carbocycles. The van der Waals surface area contributed by atoms with Gasteiger partial charge in [0.05, 0.1) is 12.9 Å². The van der Waals surface area contributed by atoms with Crippen LogP contribution in [0.4, 0.5) is 5.69 Å². The molecular weight excluding hydrogens is 334 g/mol. The average molecular weight is 350 g/mol. The maximum Gasteiger partial charge on any atom is 0.305 e. The lowest BCUT2D eigenvalue weighted by Gasteiger charge is -2.09. The van der Waals surface area contributed by atoms with Crippen LogP contribution in [0.1, 0.15) is 18.4 Å². The van der Waals surface area contributed by atoms with Crippen molar-refractivity contribution in [3.8, 4) is 0 Å². The molecule has 0 aromatic heterocycles. The summed E-state index contributed by atoms with van der Waals surface area (Å²) in [6.07, 6.45) is 0.323. The Bertz CT molecular complexity index is 557. The summed E-state index contributed by atoms with van der Waals surface area (Å²) >= 11 is 3.34. The van der Waals surface area contributed by atoms with Crippen molar-refractivity contribution >= 4 is 37.6 Å². The number of anilines is 1. The Balaban J connectivity index is 2.59. The molecule has 0 radical (unpaired) electrons. The number of halogens is 1. The third-order valence-electron chi connectivity index (χ3n) is 2.47. The van der Waals surface area contributed by atoms with Gasteiger partial charge in [-0.3, -0.25) is 9.52 Å². The van der Waals surface area contributed by atoms with Crippen molar-refractivity contribution in [1.29, 1.82) is 0 Å². The van der Waals surface area contributed by atoms with Crippen LogP contribution in [0.15, 0.2) is 22.7 Å². The third-order valence-corrected chi connectivity index (χ3v) is 4.69. The third kappa shape index (κ3) is 5.61. The molecule has 0 saturated heterocycles. The van der Waals surface area contributed by atoms with Crippen LogP contribution in [0.2, 0.25) is 0 Å². The van der Waals surface area contributed by atoms with E-state index in [-0.39, 0.29) is 18.6 Å². The molecule has 0 heterocycles. The van der Waals surface area contributed by atoms with Crippen molar-refractivity contribution in [2.24, 2.45) is 0 Å². The van der Waals surface area contributed by atoms with Crippen LogP contribution in [0, 0.1) is 6.92 Å². The molecule has 0 unspecified atom stereocenters. The summed E-state index contributed by atoms with van der Waals surface area (Å²) in [7, 11) is -2.17. The molecule has 19 heavy (non-hydrogen) atoms. The fourth-order valence-corrected chi connectivity index (χ4v) is 2.89. The van der Waals surface area contributed by atoms with Crippen molar-refractivity contribution in [2.75, 3.05) is 17.6 Å². The lowest BCUT2D eigenvalue weighted by Crippen LogP contribution is -2.17. The lowest BCUT2D eigenvalue weighted by atomic mass is 10.2. The first-order valence-corrected chi connectivity index (χ1v) is 8.12. The first kappa shape index (κ1) is 16.0. The number of methoxy groups -OCH3 is 1. The van der Waals surface area contributed by atoms with Crippen LogP contribution in [-0.2, 0) is 19.6 Å². The number of hydrogen-bond acceptors (Lipinski definition) is 4. The number of benzene rings is 1. The number of ether oxygens (including phenoxy) is 1. The number of nitrogens with one attached hydrogen (secondary N) is 1. The molecule has 0 aliphatic rings. The van der Waals surface area contributed by atoms with E-state index in [1.807, 2.05) is 13.0 Å². The number of sulfonamides is 1. The first-order valence-electron chi connectivity index (χ1n) is 5.67. The van der Waals surface area contributed by atoms with Crippen molar-refractivity contribution in [2.45, 2.75) is 19.8 Å². The summed E-state index contributed by atoms with van der Waals surface area (Å²) in [4.78, 5) is 10.9. The fourth-order valence-electron chi connectivity index (χ4n) is 1.40. The second kappa shape index (κ2) is 6.91. The maximum atomic E-state index is 11.8. The second-order valence-electron chi connectivity index (χ2n) is 4.06. The van der Waals surface area contributed by atoms with Gasteiger partial charge in [-0.1, -0.05) is 22.0 Å². The van der Waals surface area contributed by atoms with Crippen LogP contribution in [0.5, 0.6) is 0 Å². The van der Waals surface area contributed by atoms with E-state index in [1.165, 1.54) is 7.11 Å². The summed E-state index contributed by atoms with van der Waals surface area (Å²) in [5.41, 5.74) is 1.52. The van der Waals surface area contributed by atoms with Crippen molar-refractivity contribution in [1.82, 2.24) is 0 Å². The Morgan fingerprint density at radius 3 is 2.68 bits per heavy atom. The van der Waals surface area contributed by atoms with Crippen molar-refractivity contribution in [3.63, 3.8) is 0 Å². The van der Waals surface area contributed by atoms with Gasteiger partial charge in [-0.05, 0) is 31.0 Å². The van der Waals surface area contributed by atoms with E-state index in [9.17, 15) is 13.2 Å². The maximum absolute atomic E-state index is 11.8. The van der Waals surface area contributed by atoms with E-state index in [2.05, 4.69) is 25.4 Å². The molecule has 1 aromatic rings. The Labute approximate surface area is 121 Å². The van der Waals surface area contributed by atoms with Gasteiger partial charge in [0.1, 0.15) is 0 Å². The van der Waals surface area contributed by atoms with Gasteiger partial charge in [0.25, 0.3) is 0 Å². The molecule has 0 bridgehead atoms. The predicted octanol–water partition coefficient (Wildman–Crippen LogP) is 2.45.